The summed E-state index contributed by atoms with van der Waals surface area (Å²) in [4.78, 5) is 23.5. The lowest BCUT2D eigenvalue weighted by atomic mass is 10.1. The minimum atomic E-state index is -0.772. The Balaban J connectivity index is 1.96. The van der Waals surface area contributed by atoms with E-state index in [1.165, 1.54) is 24.3 Å². The van der Waals surface area contributed by atoms with Crippen molar-refractivity contribution in [1.82, 2.24) is 10.6 Å². The molecule has 4 nitrogen and oxygen atoms in total. The lowest BCUT2D eigenvalue weighted by Gasteiger charge is -2.14. The Bertz CT molecular complexity index is 644. The van der Waals surface area contributed by atoms with Crippen molar-refractivity contribution in [1.29, 1.82) is 0 Å². The quantitative estimate of drug-likeness (QED) is 0.911. The smallest absolute Gasteiger partial charge is 0.322 e. The summed E-state index contributed by atoms with van der Waals surface area (Å²) in [6, 6.07) is 13.9. The summed E-state index contributed by atoms with van der Waals surface area (Å²) in [6.07, 6.45) is 0. The number of carbonyl (C=O) groups excluding carboxylic acids is 2. The van der Waals surface area contributed by atoms with Gasteiger partial charge in [-0.1, -0.05) is 42.5 Å². The lowest BCUT2D eigenvalue weighted by Crippen LogP contribution is -2.40. The summed E-state index contributed by atoms with van der Waals surface area (Å²) in [5.41, 5.74) is 0.742. The van der Waals surface area contributed by atoms with Gasteiger partial charge in [0.2, 0.25) is 0 Å². The van der Waals surface area contributed by atoms with Gasteiger partial charge in [-0.2, -0.15) is 0 Å². The first-order valence-corrected chi connectivity index (χ1v) is 6.49. The zero-order valence-electron chi connectivity index (χ0n) is 11.5. The Morgan fingerprint density at radius 3 is 2.29 bits per heavy atom. The average Bonchev–Trinajstić information content (AvgIpc) is 2.48. The van der Waals surface area contributed by atoms with E-state index in [-0.39, 0.29) is 11.6 Å². The monoisotopic (exact) mass is 286 g/mol. The molecule has 2 N–H and O–H groups in total. The molecule has 0 saturated heterocycles. The summed E-state index contributed by atoms with van der Waals surface area (Å²) in [5, 5.41) is 4.73. The first-order valence-electron chi connectivity index (χ1n) is 6.49. The van der Waals surface area contributed by atoms with Crippen molar-refractivity contribution in [2.75, 3.05) is 0 Å². The van der Waals surface area contributed by atoms with Crippen LogP contribution in [0.25, 0.3) is 0 Å². The molecular formula is C16H15FN2O2. The minimum Gasteiger partial charge on any atom is -0.331 e. The van der Waals surface area contributed by atoms with Crippen LogP contribution in [-0.2, 0) is 0 Å². The lowest BCUT2D eigenvalue weighted by molar-refractivity contribution is 0.0959. The molecular weight excluding hydrogens is 271 g/mol. The van der Waals surface area contributed by atoms with E-state index >= 15 is 0 Å². The van der Waals surface area contributed by atoms with E-state index in [0.717, 1.165) is 5.56 Å². The summed E-state index contributed by atoms with van der Waals surface area (Å²) in [6.45, 7) is 1.79. The predicted octanol–water partition coefficient (Wildman–Crippen LogP) is 3.03. The molecule has 108 valence electrons. The zero-order chi connectivity index (χ0) is 15.2. The molecule has 0 aliphatic carbocycles. The second kappa shape index (κ2) is 6.65. The number of hydrogen-bond acceptors (Lipinski definition) is 2. The summed E-state index contributed by atoms with van der Waals surface area (Å²) in [5.74, 6) is -1.44. The molecule has 5 heteroatoms. The molecule has 3 amide bonds. The second-order valence-electron chi connectivity index (χ2n) is 4.54. The molecule has 1 unspecified atom stereocenters. The minimum absolute atomic E-state index is 0.167. The summed E-state index contributed by atoms with van der Waals surface area (Å²) >= 11 is 0. The molecule has 0 aromatic heterocycles. The normalized spacial score (nSPS) is 11.5. The number of benzene rings is 2. The van der Waals surface area contributed by atoms with E-state index < -0.39 is 17.8 Å². The fraction of sp³-hybridized carbons (Fsp3) is 0.125. The number of amides is 3. The van der Waals surface area contributed by atoms with Crippen LogP contribution in [0.2, 0.25) is 0 Å². The van der Waals surface area contributed by atoms with Crippen LogP contribution in [0.1, 0.15) is 28.9 Å². The third kappa shape index (κ3) is 3.89. The molecule has 0 heterocycles. The van der Waals surface area contributed by atoms with Crippen molar-refractivity contribution in [2.24, 2.45) is 0 Å². The number of hydrogen-bond donors (Lipinski definition) is 2. The van der Waals surface area contributed by atoms with E-state index in [9.17, 15) is 14.0 Å². The molecule has 0 bridgehead atoms. The highest BCUT2D eigenvalue weighted by Gasteiger charge is 2.15. The van der Waals surface area contributed by atoms with Gasteiger partial charge in [0.05, 0.1) is 11.6 Å². The third-order valence-electron chi connectivity index (χ3n) is 2.99. The Morgan fingerprint density at radius 1 is 1.00 bits per heavy atom. The molecule has 0 aliphatic rings. The van der Waals surface area contributed by atoms with E-state index in [1.54, 1.807) is 6.92 Å². The molecule has 0 radical (unpaired) electrons. The largest absolute Gasteiger partial charge is 0.331 e. The highest BCUT2D eigenvalue weighted by molar-refractivity contribution is 6.04. The maximum absolute atomic E-state index is 13.4. The van der Waals surface area contributed by atoms with Crippen molar-refractivity contribution in [2.45, 2.75) is 13.0 Å². The van der Waals surface area contributed by atoms with E-state index in [2.05, 4.69) is 10.6 Å². The van der Waals surface area contributed by atoms with Crippen LogP contribution in [0.15, 0.2) is 54.6 Å². The maximum Gasteiger partial charge on any atom is 0.322 e. The second-order valence-corrected chi connectivity index (χ2v) is 4.54. The van der Waals surface area contributed by atoms with E-state index in [0.29, 0.717) is 0 Å². The Hall–Kier alpha value is -2.69. The van der Waals surface area contributed by atoms with Gasteiger partial charge in [-0.3, -0.25) is 10.1 Å². The standard InChI is InChI=1S/C16H15FN2O2/c1-11(12-7-3-2-4-8-12)18-16(21)19-15(20)13-9-5-6-10-14(13)17/h2-11H,1H3,(H2,18,19,20,21). The average molecular weight is 286 g/mol. The van der Waals surface area contributed by atoms with Gasteiger partial charge in [-0.05, 0) is 24.6 Å². The fourth-order valence-electron chi connectivity index (χ4n) is 1.87. The number of rotatable bonds is 3. The molecule has 0 fully saturated rings. The molecule has 2 rings (SSSR count). The number of imide groups is 1. The molecule has 0 spiro atoms. The SMILES string of the molecule is CC(NC(=O)NC(=O)c1ccccc1F)c1ccccc1. The number of halogens is 1. The molecule has 0 aliphatic heterocycles. The van der Waals surface area contributed by atoms with Crippen LogP contribution < -0.4 is 10.6 Å². The summed E-state index contributed by atoms with van der Waals surface area (Å²) < 4.78 is 13.4. The van der Waals surface area contributed by atoms with Gasteiger partial charge in [0, 0.05) is 0 Å². The molecule has 21 heavy (non-hydrogen) atoms. The number of urea groups is 1. The van der Waals surface area contributed by atoms with Crippen LogP contribution >= 0.6 is 0 Å². The Kier molecular flexibility index (Phi) is 4.66. The van der Waals surface area contributed by atoms with Gasteiger partial charge in [-0.15, -0.1) is 0 Å². The van der Waals surface area contributed by atoms with Crippen molar-refractivity contribution < 1.29 is 14.0 Å². The van der Waals surface area contributed by atoms with Gasteiger partial charge in [-0.25, -0.2) is 9.18 Å². The maximum atomic E-state index is 13.4. The first-order chi connectivity index (χ1) is 10.1. The van der Waals surface area contributed by atoms with Crippen molar-refractivity contribution in [3.8, 4) is 0 Å². The molecule has 2 aromatic carbocycles. The van der Waals surface area contributed by atoms with Crippen molar-refractivity contribution in [3.05, 3.63) is 71.5 Å². The number of nitrogens with one attached hydrogen (secondary N) is 2. The van der Waals surface area contributed by atoms with Gasteiger partial charge < -0.3 is 5.32 Å². The summed E-state index contributed by atoms with van der Waals surface area (Å²) in [7, 11) is 0. The first kappa shape index (κ1) is 14.7. The van der Waals surface area contributed by atoms with Crippen molar-refractivity contribution in [3.63, 3.8) is 0 Å². The van der Waals surface area contributed by atoms with E-state index in [1.807, 2.05) is 30.3 Å². The molecule has 2 aromatic rings. The Labute approximate surface area is 122 Å². The van der Waals surface area contributed by atoms with E-state index in [4.69, 9.17) is 0 Å². The van der Waals surface area contributed by atoms with Gasteiger partial charge >= 0.3 is 6.03 Å². The number of carbonyl (C=O) groups is 2. The van der Waals surface area contributed by atoms with Crippen LogP contribution in [0.5, 0.6) is 0 Å². The van der Waals surface area contributed by atoms with Gasteiger partial charge in [0.1, 0.15) is 5.82 Å². The Morgan fingerprint density at radius 2 is 1.62 bits per heavy atom. The van der Waals surface area contributed by atoms with Gasteiger partial charge in [0.15, 0.2) is 0 Å². The highest BCUT2D eigenvalue weighted by atomic mass is 19.1. The highest BCUT2D eigenvalue weighted by Crippen LogP contribution is 2.11. The molecule has 1 atom stereocenters. The predicted molar refractivity (Wildman–Crippen MR) is 77.3 cm³/mol. The van der Waals surface area contributed by atoms with Crippen LogP contribution in [0.3, 0.4) is 0 Å². The zero-order valence-corrected chi connectivity index (χ0v) is 11.5. The van der Waals surface area contributed by atoms with Crippen LogP contribution in [-0.4, -0.2) is 11.9 Å². The topological polar surface area (TPSA) is 58.2 Å². The van der Waals surface area contributed by atoms with Crippen LogP contribution in [0.4, 0.5) is 9.18 Å². The fourth-order valence-corrected chi connectivity index (χ4v) is 1.87. The van der Waals surface area contributed by atoms with Crippen molar-refractivity contribution >= 4 is 11.9 Å². The van der Waals surface area contributed by atoms with Gasteiger partial charge in [0.25, 0.3) is 5.91 Å². The van der Waals surface area contributed by atoms with Crippen LogP contribution in [0, 0.1) is 5.82 Å². The molecule has 0 saturated carbocycles. The third-order valence-corrected chi connectivity index (χ3v) is 2.99.